The maximum absolute atomic E-state index is 13.3. The van der Waals surface area contributed by atoms with Crippen molar-refractivity contribution in [1.29, 1.82) is 0 Å². The number of rotatable bonds is 5. The van der Waals surface area contributed by atoms with E-state index in [1.54, 1.807) is 0 Å². The number of pyridine rings is 1. The second kappa shape index (κ2) is 10.4. The molecule has 1 heterocycles. The highest BCUT2D eigenvalue weighted by molar-refractivity contribution is 6.10. The Morgan fingerprint density at radius 1 is 0.903 bits per heavy atom. The molecule has 4 heteroatoms. The molecule has 0 spiro atoms. The summed E-state index contributed by atoms with van der Waals surface area (Å²) in [5, 5.41) is 14.8. The standard InChI is InChI=1S/C25H22N2O2.C2H6/c1-2-20(17-11-5-3-6-12-17)27-25(29)22-19-15-9-10-16-21(19)26-23(24(22)28)18-13-7-4-8-14-18;1-2/h3-16,20,28H,2H2,1H3,(H,27,29);1-2H3. The Bertz CT molecular complexity index is 1140. The van der Waals surface area contributed by atoms with Crippen LogP contribution in [0.25, 0.3) is 22.2 Å². The molecule has 1 aromatic heterocycles. The van der Waals surface area contributed by atoms with Crippen LogP contribution in [0.4, 0.5) is 0 Å². The summed E-state index contributed by atoms with van der Waals surface area (Å²) in [4.78, 5) is 17.9. The first-order valence-corrected chi connectivity index (χ1v) is 10.7. The number of fused-ring (bicyclic) bond motifs is 1. The summed E-state index contributed by atoms with van der Waals surface area (Å²) in [5.74, 6) is -0.413. The quantitative estimate of drug-likeness (QED) is 0.392. The molecule has 4 aromatic rings. The van der Waals surface area contributed by atoms with Gasteiger partial charge in [-0.3, -0.25) is 4.79 Å². The maximum Gasteiger partial charge on any atom is 0.256 e. The Kier molecular flexibility index (Phi) is 7.39. The van der Waals surface area contributed by atoms with Gasteiger partial charge in [0.05, 0.1) is 17.1 Å². The molecule has 1 atom stereocenters. The van der Waals surface area contributed by atoms with Gasteiger partial charge in [-0.15, -0.1) is 0 Å². The van der Waals surface area contributed by atoms with Crippen molar-refractivity contribution in [1.82, 2.24) is 10.3 Å². The van der Waals surface area contributed by atoms with Crippen molar-refractivity contribution in [2.75, 3.05) is 0 Å². The fraction of sp³-hybridized carbons (Fsp3) is 0.185. The number of para-hydroxylation sites is 1. The van der Waals surface area contributed by atoms with Gasteiger partial charge in [0, 0.05) is 10.9 Å². The highest BCUT2D eigenvalue weighted by Crippen LogP contribution is 2.35. The van der Waals surface area contributed by atoms with E-state index in [1.807, 2.05) is 106 Å². The molecule has 158 valence electrons. The van der Waals surface area contributed by atoms with E-state index in [-0.39, 0.29) is 23.3 Å². The van der Waals surface area contributed by atoms with Crippen LogP contribution in [-0.4, -0.2) is 16.0 Å². The zero-order valence-corrected chi connectivity index (χ0v) is 18.2. The lowest BCUT2D eigenvalue weighted by atomic mass is 10.00. The average molecular weight is 413 g/mol. The third kappa shape index (κ3) is 4.75. The fourth-order valence-corrected chi connectivity index (χ4v) is 3.57. The van der Waals surface area contributed by atoms with Gasteiger partial charge in [-0.05, 0) is 18.1 Å². The number of carbonyl (C=O) groups excluding carboxylic acids is 1. The lowest BCUT2D eigenvalue weighted by molar-refractivity contribution is 0.0934. The Morgan fingerprint density at radius 2 is 1.48 bits per heavy atom. The van der Waals surface area contributed by atoms with Gasteiger partial charge in [-0.25, -0.2) is 4.98 Å². The second-order valence-corrected chi connectivity index (χ2v) is 6.91. The van der Waals surface area contributed by atoms with Crippen molar-refractivity contribution in [2.45, 2.75) is 33.2 Å². The molecule has 31 heavy (non-hydrogen) atoms. The summed E-state index contributed by atoms with van der Waals surface area (Å²) in [6.45, 7) is 6.03. The highest BCUT2D eigenvalue weighted by Gasteiger charge is 2.23. The van der Waals surface area contributed by atoms with Crippen molar-refractivity contribution < 1.29 is 9.90 Å². The first-order chi connectivity index (χ1) is 15.2. The second-order valence-electron chi connectivity index (χ2n) is 6.91. The van der Waals surface area contributed by atoms with Crippen molar-refractivity contribution in [3.63, 3.8) is 0 Å². The third-order valence-electron chi connectivity index (χ3n) is 5.06. The van der Waals surface area contributed by atoms with Gasteiger partial charge in [-0.1, -0.05) is 99.6 Å². The van der Waals surface area contributed by atoms with Crippen LogP contribution in [0.3, 0.4) is 0 Å². The summed E-state index contributed by atoms with van der Waals surface area (Å²) in [6.07, 6.45) is 0.741. The van der Waals surface area contributed by atoms with Gasteiger partial charge in [0.1, 0.15) is 5.69 Å². The van der Waals surface area contributed by atoms with E-state index in [0.717, 1.165) is 17.5 Å². The molecule has 0 aliphatic rings. The number of nitrogens with one attached hydrogen (secondary N) is 1. The summed E-state index contributed by atoms with van der Waals surface area (Å²) < 4.78 is 0. The van der Waals surface area contributed by atoms with E-state index in [0.29, 0.717) is 16.6 Å². The maximum atomic E-state index is 13.3. The Hall–Kier alpha value is -3.66. The van der Waals surface area contributed by atoms with Gasteiger partial charge >= 0.3 is 0 Å². The molecule has 4 nitrogen and oxygen atoms in total. The third-order valence-corrected chi connectivity index (χ3v) is 5.06. The monoisotopic (exact) mass is 412 g/mol. The largest absolute Gasteiger partial charge is 0.505 e. The van der Waals surface area contributed by atoms with Crippen LogP contribution < -0.4 is 5.32 Å². The van der Waals surface area contributed by atoms with Gasteiger partial charge < -0.3 is 10.4 Å². The summed E-state index contributed by atoms with van der Waals surface area (Å²) in [5.41, 5.74) is 3.12. The Balaban J connectivity index is 0.00000132. The minimum absolute atomic E-state index is 0.102. The fourth-order valence-electron chi connectivity index (χ4n) is 3.57. The predicted octanol–water partition coefficient (Wildman–Crippen LogP) is 6.51. The summed E-state index contributed by atoms with van der Waals surface area (Å²) >= 11 is 0. The zero-order valence-electron chi connectivity index (χ0n) is 18.2. The molecular formula is C27H28N2O2. The van der Waals surface area contributed by atoms with Crippen LogP contribution >= 0.6 is 0 Å². The zero-order chi connectivity index (χ0) is 22.2. The van der Waals surface area contributed by atoms with Crippen LogP contribution in [0.15, 0.2) is 84.9 Å². The van der Waals surface area contributed by atoms with Crippen LogP contribution in [-0.2, 0) is 0 Å². The first kappa shape index (κ1) is 22.0. The number of hydrogen-bond donors (Lipinski definition) is 2. The summed E-state index contributed by atoms with van der Waals surface area (Å²) in [6, 6.07) is 26.5. The number of amides is 1. The van der Waals surface area contributed by atoms with E-state index in [1.165, 1.54) is 0 Å². The molecule has 0 fully saturated rings. The number of hydrogen-bond acceptors (Lipinski definition) is 3. The van der Waals surface area contributed by atoms with Crippen molar-refractivity contribution in [3.8, 4) is 17.0 Å². The molecule has 1 amide bonds. The van der Waals surface area contributed by atoms with Gasteiger partial charge in [0.15, 0.2) is 5.75 Å². The molecule has 0 radical (unpaired) electrons. The number of benzene rings is 3. The first-order valence-electron chi connectivity index (χ1n) is 10.7. The minimum Gasteiger partial charge on any atom is -0.505 e. The predicted molar refractivity (Wildman–Crippen MR) is 127 cm³/mol. The molecule has 0 bridgehead atoms. The molecular weight excluding hydrogens is 384 g/mol. The van der Waals surface area contributed by atoms with Gasteiger partial charge in [-0.2, -0.15) is 0 Å². The lowest BCUT2D eigenvalue weighted by Crippen LogP contribution is -2.28. The van der Waals surface area contributed by atoms with E-state index in [2.05, 4.69) is 10.3 Å². The number of aromatic nitrogens is 1. The topological polar surface area (TPSA) is 62.2 Å². The van der Waals surface area contributed by atoms with E-state index >= 15 is 0 Å². The summed E-state index contributed by atoms with van der Waals surface area (Å²) in [7, 11) is 0. The molecule has 4 rings (SSSR count). The lowest BCUT2D eigenvalue weighted by Gasteiger charge is -2.19. The number of carbonyl (C=O) groups is 1. The molecule has 0 aliphatic heterocycles. The minimum atomic E-state index is -0.311. The molecule has 0 aliphatic carbocycles. The van der Waals surface area contributed by atoms with Crippen molar-refractivity contribution in [3.05, 3.63) is 96.1 Å². The smallest absolute Gasteiger partial charge is 0.256 e. The van der Waals surface area contributed by atoms with E-state index in [9.17, 15) is 9.90 Å². The average Bonchev–Trinajstić information content (AvgIpc) is 2.84. The van der Waals surface area contributed by atoms with Crippen LogP contribution in [0.5, 0.6) is 5.75 Å². The molecule has 2 N–H and O–H groups in total. The van der Waals surface area contributed by atoms with E-state index in [4.69, 9.17) is 0 Å². The molecule has 0 saturated heterocycles. The molecule has 3 aromatic carbocycles. The van der Waals surface area contributed by atoms with Crippen molar-refractivity contribution >= 4 is 16.8 Å². The number of aromatic hydroxyl groups is 1. The number of nitrogens with zero attached hydrogens (tertiary/aromatic N) is 1. The van der Waals surface area contributed by atoms with Crippen LogP contribution in [0.2, 0.25) is 0 Å². The normalized spacial score (nSPS) is 11.3. The molecule has 1 unspecified atom stereocenters. The Morgan fingerprint density at radius 3 is 2.13 bits per heavy atom. The highest BCUT2D eigenvalue weighted by atomic mass is 16.3. The Labute approximate surface area is 183 Å². The van der Waals surface area contributed by atoms with Gasteiger partial charge in [0.2, 0.25) is 0 Å². The van der Waals surface area contributed by atoms with Crippen molar-refractivity contribution in [2.24, 2.45) is 0 Å². The SMILES string of the molecule is CC.CCC(NC(=O)c1c(O)c(-c2ccccc2)nc2ccccc12)c1ccccc1. The van der Waals surface area contributed by atoms with Crippen LogP contribution in [0, 0.1) is 0 Å². The van der Waals surface area contributed by atoms with E-state index < -0.39 is 0 Å². The van der Waals surface area contributed by atoms with Crippen LogP contribution in [0.1, 0.15) is 49.2 Å². The molecule has 0 saturated carbocycles. The van der Waals surface area contributed by atoms with Gasteiger partial charge in [0.25, 0.3) is 5.91 Å².